The Balaban J connectivity index is 2.36. The van der Waals surface area contributed by atoms with E-state index < -0.39 is 0 Å². The van der Waals surface area contributed by atoms with Crippen LogP contribution >= 0.6 is 11.6 Å². The molecule has 0 radical (unpaired) electrons. The third-order valence-corrected chi connectivity index (χ3v) is 2.44. The summed E-state index contributed by atoms with van der Waals surface area (Å²) in [5.41, 5.74) is 1.27. The lowest BCUT2D eigenvalue weighted by atomic mass is 10.2. The number of hydrogen-bond donors (Lipinski definition) is 1. The van der Waals surface area contributed by atoms with Crippen LogP contribution in [0, 0.1) is 6.92 Å². The molecule has 0 bridgehead atoms. The molecule has 18 heavy (non-hydrogen) atoms. The highest BCUT2D eigenvalue weighted by atomic mass is 35.5. The maximum atomic E-state index is 11.8. The van der Waals surface area contributed by atoms with Crippen molar-refractivity contribution >= 4 is 17.5 Å². The average Bonchev–Trinajstić information content (AvgIpc) is 2.26. The number of carbonyl (C=O) groups excluding carboxylic acids is 1. The van der Waals surface area contributed by atoms with E-state index in [1.54, 1.807) is 19.1 Å². The normalized spacial score (nSPS) is 10.7. The van der Waals surface area contributed by atoms with Crippen LogP contribution in [0.25, 0.3) is 0 Å². The summed E-state index contributed by atoms with van der Waals surface area (Å²) in [5.74, 6) is -0.132. The topological polar surface area (TPSA) is 51.2 Å². The zero-order valence-electron chi connectivity index (χ0n) is 11.0. The van der Waals surface area contributed by atoms with Gasteiger partial charge in [0.05, 0.1) is 6.10 Å². The fourth-order valence-electron chi connectivity index (χ4n) is 1.45. The predicted molar refractivity (Wildman–Crippen MR) is 72.0 cm³/mol. The monoisotopic (exact) mass is 270 g/mol. The predicted octanol–water partition coefficient (Wildman–Crippen LogP) is 2.59. The van der Waals surface area contributed by atoms with Gasteiger partial charge in [0.2, 0.25) is 0 Å². The molecule has 100 valence electrons. The molecular formula is C13H19ClN2O2. The van der Waals surface area contributed by atoms with E-state index in [0.717, 1.165) is 12.1 Å². The molecule has 0 fully saturated rings. The molecule has 0 aliphatic carbocycles. The Labute approximate surface area is 113 Å². The summed E-state index contributed by atoms with van der Waals surface area (Å²) in [6.45, 7) is 7.01. The Morgan fingerprint density at radius 3 is 2.83 bits per heavy atom. The van der Waals surface area contributed by atoms with Gasteiger partial charge in [0, 0.05) is 24.4 Å². The van der Waals surface area contributed by atoms with E-state index in [-0.39, 0.29) is 12.0 Å². The number of halogens is 1. The number of nitrogens with zero attached hydrogens (tertiary/aromatic N) is 1. The van der Waals surface area contributed by atoms with Gasteiger partial charge < -0.3 is 10.1 Å². The lowest BCUT2D eigenvalue weighted by Crippen LogP contribution is -2.25. The van der Waals surface area contributed by atoms with E-state index in [4.69, 9.17) is 16.3 Å². The maximum Gasteiger partial charge on any atom is 0.251 e. The number of amides is 1. The Morgan fingerprint density at radius 2 is 2.22 bits per heavy atom. The minimum atomic E-state index is -0.132. The summed E-state index contributed by atoms with van der Waals surface area (Å²) in [7, 11) is 0. The summed E-state index contributed by atoms with van der Waals surface area (Å²) in [6.07, 6.45) is 1.02. The number of aromatic nitrogens is 1. The number of ether oxygens (including phenoxy) is 1. The van der Waals surface area contributed by atoms with Gasteiger partial charge in [0.1, 0.15) is 5.15 Å². The van der Waals surface area contributed by atoms with Crippen molar-refractivity contribution in [2.45, 2.75) is 33.3 Å². The minimum absolute atomic E-state index is 0.132. The van der Waals surface area contributed by atoms with Gasteiger partial charge in [-0.05, 0) is 39.3 Å². The molecule has 1 heterocycles. The zero-order chi connectivity index (χ0) is 13.5. The summed E-state index contributed by atoms with van der Waals surface area (Å²) >= 11 is 5.80. The molecule has 4 nitrogen and oxygen atoms in total. The minimum Gasteiger partial charge on any atom is -0.379 e. The van der Waals surface area contributed by atoms with Gasteiger partial charge in [-0.2, -0.15) is 0 Å². The van der Waals surface area contributed by atoms with Gasteiger partial charge in [-0.3, -0.25) is 4.79 Å². The summed E-state index contributed by atoms with van der Waals surface area (Å²) in [5, 5.41) is 3.16. The van der Waals surface area contributed by atoms with Gasteiger partial charge in [-0.25, -0.2) is 4.98 Å². The van der Waals surface area contributed by atoms with Crippen molar-refractivity contribution in [2.75, 3.05) is 13.2 Å². The Morgan fingerprint density at radius 1 is 1.50 bits per heavy atom. The molecule has 5 heteroatoms. The third-order valence-electron chi connectivity index (χ3n) is 2.24. The SMILES string of the molecule is Cc1cc(C(=O)NCCCOC(C)C)cc(Cl)n1. The molecule has 0 saturated heterocycles. The van der Waals surface area contributed by atoms with Gasteiger partial charge in [-0.15, -0.1) is 0 Å². The van der Waals surface area contributed by atoms with E-state index in [2.05, 4.69) is 10.3 Å². The van der Waals surface area contributed by atoms with Crippen LogP contribution in [-0.4, -0.2) is 30.1 Å². The molecule has 0 aliphatic rings. The van der Waals surface area contributed by atoms with Crippen LogP contribution in [0.15, 0.2) is 12.1 Å². The number of nitrogens with one attached hydrogen (secondary N) is 1. The van der Waals surface area contributed by atoms with Crippen LogP contribution in [0.1, 0.15) is 36.3 Å². The number of hydrogen-bond acceptors (Lipinski definition) is 3. The average molecular weight is 271 g/mol. The molecule has 0 spiro atoms. The molecule has 0 saturated carbocycles. The maximum absolute atomic E-state index is 11.8. The summed E-state index contributed by atoms with van der Waals surface area (Å²) in [6, 6.07) is 3.28. The molecule has 0 aliphatic heterocycles. The summed E-state index contributed by atoms with van der Waals surface area (Å²) < 4.78 is 5.39. The van der Waals surface area contributed by atoms with E-state index in [0.29, 0.717) is 23.9 Å². The molecular weight excluding hydrogens is 252 g/mol. The number of aryl methyl sites for hydroxylation is 1. The van der Waals surface area contributed by atoms with Gasteiger partial charge >= 0.3 is 0 Å². The molecule has 1 rings (SSSR count). The lowest BCUT2D eigenvalue weighted by molar-refractivity contribution is 0.0757. The first-order valence-electron chi connectivity index (χ1n) is 6.03. The standard InChI is InChI=1S/C13H19ClN2O2/c1-9(2)18-6-4-5-15-13(17)11-7-10(3)16-12(14)8-11/h7-9H,4-6H2,1-3H3,(H,15,17). The second-order valence-corrected chi connectivity index (χ2v) is 4.74. The highest BCUT2D eigenvalue weighted by Gasteiger charge is 2.07. The van der Waals surface area contributed by atoms with E-state index in [1.807, 2.05) is 13.8 Å². The fraction of sp³-hybridized carbons (Fsp3) is 0.538. The molecule has 1 aromatic heterocycles. The van der Waals surface area contributed by atoms with Crippen molar-refractivity contribution < 1.29 is 9.53 Å². The van der Waals surface area contributed by atoms with Crippen molar-refractivity contribution in [1.29, 1.82) is 0 Å². The Bertz CT molecular complexity index is 388. The Hall–Kier alpha value is -1.13. The third kappa shape index (κ3) is 5.47. The molecule has 1 amide bonds. The van der Waals surface area contributed by atoms with Gasteiger partial charge in [-0.1, -0.05) is 11.6 Å². The quantitative estimate of drug-likeness (QED) is 0.639. The number of rotatable bonds is 6. The smallest absolute Gasteiger partial charge is 0.251 e. The number of carbonyl (C=O) groups is 1. The van der Waals surface area contributed by atoms with Crippen LogP contribution in [0.2, 0.25) is 5.15 Å². The first-order chi connectivity index (χ1) is 8.49. The first kappa shape index (κ1) is 14.9. The van der Waals surface area contributed by atoms with Crippen LogP contribution in [-0.2, 0) is 4.74 Å². The Kier molecular flexibility index (Phi) is 6.09. The number of pyridine rings is 1. The van der Waals surface area contributed by atoms with Gasteiger partial charge in [0.15, 0.2) is 0 Å². The zero-order valence-corrected chi connectivity index (χ0v) is 11.8. The fourth-order valence-corrected chi connectivity index (χ4v) is 1.71. The van der Waals surface area contributed by atoms with Crippen molar-refractivity contribution in [2.24, 2.45) is 0 Å². The van der Waals surface area contributed by atoms with E-state index in [9.17, 15) is 4.79 Å². The lowest BCUT2D eigenvalue weighted by Gasteiger charge is -2.08. The molecule has 1 aromatic rings. The second-order valence-electron chi connectivity index (χ2n) is 4.35. The van der Waals surface area contributed by atoms with Crippen molar-refractivity contribution in [1.82, 2.24) is 10.3 Å². The van der Waals surface area contributed by atoms with Crippen molar-refractivity contribution in [3.05, 3.63) is 28.5 Å². The highest BCUT2D eigenvalue weighted by molar-refractivity contribution is 6.29. The van der Waals surface area contributed by atoms with Crippen LogP contribution in [0.4, 0.5) is 0 Å². The van der Waals surface area contributed by atoms with Crippen molar-refractivity contribution in [3.8, 4) is 0 Å². The van der Waals surface area contributed by atoms with Crippen LogP contribution in [0.3, 0.4) is 0 Å². The van der Waals surface area contributed by atoms with Crippen LogP contribution < -0.4 is 5.32 Å². The molecule has 0 unspecified atom stereocenters. The van der Waals surface area contributed by atoms with E-state index in [1.165, 1.54) is 0 Å². The molecule has 1 N–H and O–H groups in total. The molecule has 0 atom stereocenters. The largest absolute Gasteiger partial charge is 0.379 e. The van der Waals surface area contributed by atoms with Crippen molar-refractivity contribution in [3.63, 3.8) is 0 Å². The van der Waals surface area contributed by atoms with E-state index >= 15 is 0 Å². The van der Waals surface area contributed by atoms with Gasteiger partial charge in [0.25, 0.3) is 5.91 Å². The summed E-state index contributed by atoms with van der Waals surface area (Å²) in [4.78, 5) is 15.8. The highest BCUT2D eigenvalue weighted by Crippen LogP contribution is 2.10. The van der Waals surface area contributed by atoms with Crippen LogP contribution in [0.5, 0.6) is 0 Å². The second kappa shape index (κ2) is 7.34. The first-order valence-corrected chi connectivity index (χ1v) is 6.41. The molecule has 0 aromatic carbocycles.